The van der Waals surface area contributed by atoms with E-state index in [1.165, 1.54) is 0 Å². The summed E-state index contributed by atoms with van der Waals surface area (Å²) in [5, 5.41) is 9.34. The summed E-state index contributed by atoms with van der Waals surface area (Å²) >= 11 is 6.74. The zero-order valence-electron chi connectivity index (χ0n) is 10.8. The molecule has 0 saturated heterocycles. The number of rotatable bonds is 4. The van der Waals surface area contributed by atoms with Crippen molar-refractivity contribution >= 4 is 43.5 Å². The van der Waals surface area contributed by atoms with Crippen LogP contribution < -0.4 is 4.90 Å². The van der Waals surface area contributed by atoms with Crippen molar-refractivity contribution in [1.29, 1.82) is 0 Å². The molecule has 104 valence electrons. The fourth-order valence-corrected chi connectivity index (χ4v) is 3.01. The van der Waals surface area contributed by atoms with Crippen molar-refractivity contribution in [3.05, 3.63) is 62.5 Å². The van der Waals surface area contributed by atoms with Crippen LogP contribution in [0.3, 0.4) is 0 Å². The molecule has 5 heteroatoms. The topological polar surface area (TPSA) is 40.5 Å². The van der Waals surface area contributed by atoms with Crippen LogP contribution in [0.2, 0.25) is 0 Å². The summed E-state index contributed by atoms with van der Waals surface area (Å²) in [5.41, 5.74) is 2.08. The van der Waals surface area contributed by atoms with Gasteiger partial charge in [0.05, 0.1) is 11.3 Å². The van der Waals surface area contributed by atoms with Gasteiger partial charge in [0, 0.05) is 22.5 Å². The van der Waals surface area contributed by atoms with E-state index in [-0.39, 0.29) is 5.56 Å². The molecule has 0 aliphatic rings. The van der Waals surface area contributed by atoms with E-state index in [0.29, 0.717) is 16.7 Å². The number of anilines is 1. The van der Waals surface area contributed by atoms with Crippen LogP contribution in [0.4, 0.5) is 5.69 Å². The first-order valence-corrected chi connectivity index (χ1v) is 7.55. The van der Waals surface area contributed by atoms with Crippen LogP contribution in [0.5, 0.6) is 0 Å². The molecule has 2 rings (SSSR count). The van der Waals surface area contributed by atoms with Crippen molar-refractivity contribution in [2.75, 3.05) is 11.9 Å². The van der Waals surface area contributed by atoms with E-state index in [1.54, 1.807) is 6.07 Å². The first-order chi connectivity index (χ1) is 9.49. The molecule has 0 aliphatic heterocycles. The second-order valence-electron chi connectivity index (χ2n) is 4.43. The highest BCUT2D eigenvalue weighted by Gasteiger charge is 2.16. The number of hydrogen-bond acceptors (Lipinski definition) is 2. The summed E-state index contributed by atoms with van der Waals surface area (Å²) in [6.07, 6.45) is 0. The Labute approximate surface area is 134 Å². The number of carboxylic acids is 1. The normalized spacial score (nSPS) is 10.3. The highest BCUT2D eigenvalue weighted by molar-refractivity contribution is 9.10. The molecule has 0 bridgehead atoms. The van der Waals surface area contributed by atoms with Crippen molar-refractivity contribution < 1.29 is 9.90 Å². The van der Waals surface area contributed by atoms with Gasteiger partial charge in [0.1, 0.15) is 0 Å². The fraction of sp³-hybridized carbons (Fsp3) is 0.133. The zero-order valence-corrected chi connectivity index (χ0v) is 14.0. The first kappa shape index (κ1) is 15.1. The SMILES string of the molecule is CN(Cc1cccc(Br)c1)c1cccc(Br)c1C(=O)O. The molecular formula is C15H13Br2NO2. The number of nitrogens with zero attached hydrogens (tertiary/aromatic N) is 1. The lowest BCUT2D eigenvalue weighted by molar-refractivity contribution is 0.0696. The minimum absolute atomic E-state index is 0.282. The second-order valence-corrected chi connectivity index (χ2v) is 6.20. The number of aromatic carboxylic acids is 1. The van der Waals surface area contributed by atoms with E-state index >= 15 is 0 Å². The maximum absolute atomic E-state index is 11.4. The molecule has 0 spiro atoms. The molecule has 2 aromatic carbocycles. The van der Waals surface area contributed by atoms with Gasteiger partial charge >= 0.3 is 5.97 Å². The van der Waals surface area contributed by atoms with Crippen molar-refractivity contribution in [3.8, 4) is 0 Å². The van der Waals surface area contributed by atoms with Crippen molar-refractivity contribution in [3.63, 3.8) is 0 Å². The third-order valence-corrected chi connectivity index (χ3v) is 4.08. The van der Waals surface area contributed by atoms with E-state index in [4.69, 9.17) is 0 Å². The molecule has 0 unspecified atom stereocenters. The molecule has 1 N–H and O–H groups in total. The van der Waals surface area contributed by atoms with Gasteiger partial charge in [-0.05, 0) is 45.8 Å². The van der Waals surface area contributed by atoms with Crippen LogP contribution in [0.25, 0.3) is 0 Å². The lowest BCUT2D eigenvalue weighted by atomic mass is 10.1. The van der Waals surface area contributed by atoms with Gasteiger partial charge in [0.25, 0.3) is 0 Å². The summed E-state index contributed by atoms with van der Waals surface area (Å²) in [7, 11) is 1.88. The van der Waals surface area contributed by atoms with Crippen molar-refractivity contribution in [1.82, 2.24) is 0 Å². The Kier molecular flexibility index (Phi) is 4.83. The average molecular weight is 399 g/mol. The highest BCUT2D eigenvalue weighted by Crippen LogP contribution is 2.28. The van der Waals surface area contributed by atoms with Gasteiger partial charge in [-0.1, -0.05) is 34.1 Å². The predicted octanol–water partition coefficient (Wildman–Crippen LogP) is 4.55. The third-order valence-electron chi connectivity index (χ3n) is 2.93. The van der Waals surface area contributed by atoms with Crippen LogP contribution in [-0.2, 0) is 6.54 Å². The maximum Gasteiger partial charge on any atom is 0.338 e. The van der Waals surface area contributed by atoms with Gasteiger partial charge in [0.2, 0.25) is 0 Å². The molecule has 0 aromatic heterocycles. The van der Waals surface area contributed by atoms with E-state index in [1.807, 2.05) is 48.3 Å². The fourth-order valence-electron chi connectivity index (χ4n) is 2.04. The Morgan fingerprint density at radius 2 is 1.90 bits per heavy atom. The van der Waals surface area contributed by atoms with Crippen LogP contribution >= 0.6 is 31.9 Å². The number of hydrogen-bond donors (Lipinski definition) is 1. The quantitative estimate of drug-likeness (QED) is 0.821. The minimum Gasteiger partial charge on any atom is -0.478 e. The summed E-state index contributed by atoms with van der Waals surface area (Å²) < 4.78 is 1.60. The van der Waals surface area contributed by atoms with Crippen LogP contribution in [-0.4, -0.2) is 18.1 Å². The van der Waals surface area contributed by atoms with E-state index in [2.05, 4.69) is 31.9 Å². The van der Waals surface area contributed by atoms with Gasteiger partial charge in [-0.2, -0.15) is 0 Å². The minimum atomic E-state index is -0.937. The summed E-state index contributed by atoms with van der Waals surface area (Å²) in [6, 6.07) is 13.3. The molecule has 20 heavy (non-hydrogen) atoms. The van der Waals surface area contributed by atoms with Gasteiger partial charge in [-0.3, -0.25) is 0 Å². The van der Waals surface area contributed by atoms with Gasteiger partial charge in [-0.25, -0.2) is 4.79 Å². The van der Waals surface area contributed by atoms with Gasteiger partial charge in [0.15, 0.2) is 0 Å². The molecule has 0 saturated carbocycles. The van der Waals surface area contributed by atoms with E-state index in [0.717, 1.165) is 10.0 Å². The van der Waals surface area contributed by atoms with Gasteiger partial charge < -0.3 is 10.0 Å². The molecule has 0 amide bonds. The molecule has 3 nitrogen and oxygen atoms in total. The number of carboxylic acid groups (broad SMARTS) is 1. The second kappa shape index (κ2) is 6.41. The van der Waals surface area contributed by atoms with Crippen molar-refractivity contribution in [2.45, 2.75) is 6.54 Å². The Balaban J connectivity index is 2.32. The Hall–Kier alpha value is -1.33. The summed E-state index contributed by atoms with van der Waals surface area (Å²) in [4.78, 5) is 13.3. The number of benzene rings is 2. The lowest BCUT2D eigenvalue weighted by Gasteiger charge is -2.22. The molecule has 0 radical (unpaired) electrons. The average Bonchev–Trinajstić information content (AvgIpc) is 2.37. The molecule has 2 aromatic rings. The molecule has 0 fully saturated rings. The van der Waals surface area contributed by atoms with Gasteiger partial charge in [-0.15, -0.1) is 0 Å². The van der Waals surface area contributed by atoms with Crippen LogP contribution in [0.15, 0.2) is 51.4 Å². The van der Waals surface area contributed by atoms with E-state index in [9.17, 15) is 9.90 Å². The molecule has 0 atom stereocenters. The molecular weight excluding hydrogens is 386 g/mol. The summed E-state index contributed by atoms with van der Waals surface area (Å²) in [5.74, 6) is -0.937. The summed E-state index contributed by atoms with van der Waals surface area (Å²) in [6.45, 7) is 0.635. The first-order valence-electron chi connectivity index (χ1n) is 5.96. The van der Waals surface area contributed by atoms with Crippen LogP contribution in [0, 0.1) is 0 Å². The third kappa shape index (κ3) is 3.41. The van der Waals surface area contributed by atoms with Crippen molar-refractivity contribution in [2.24, 2.45) is 0 Å². The maximum atomic E-state index is 11.4. The monoisotopic (exact) mass is 397 g/mol. The predicted molar refractivity (Wildman–Crippen MR) is 87.4 cm³/mol. The smallest absolute Gasteiger partial charge is 0.338 e. The number of halogens is 2. The lowest BCUT2D eigenvalue weighted by Crippen LogP contribution is -2.19. The molecule has 0 aliphatic carbocycles. The Morgan fingerprint density at radius 1 is 1.20 bits per heavy atom. The Morgan fingerprint density at radius 3 is 2.55 bits per heavy atom. The largest absolute Gasteiger partial charge is 0.478 e. The molecule has 0 heterocycles. The highest BCUT2D eigenvalue weighted by atomic mass is 79.9. The standard InChI is InChI=1S/C15H13Br2NO2/c1-18(9-10-4-2-5-11(16)8-10)13-7-3-6-12(17)14(13)15(19)20/h2-8H,9H2,1H3,(H,19,20). The van der Waals surface area contributed by atoms with Crippen LogP contribution in [0.1, 0.15) is 15.9 Å². The Bertz CT molecular complexity index is 644. The van der Waals surface area contributed by atoms with E-state index < -0.39 is 5.97 Å². The number of carbonyl (C=O) groups is 1. The zero-order chi connectivity index (χ0) is 14.7.